The number of hydrogen-bond donors (Lipinski definition) is 0. The molecule has 7 heteroatoms. The summed E-state index contributed by atoms with van der Waals surface area (Å²) >= 11 is 0. The lowest BCUT2D eigenvalue weighted by atomic mass is 10.0. The Labute approximate surface area is 185 Å². The van der Waals surface area contributed by atoms with Gasteiger partial charge >= 0.3 is 6.09 Å². The normalized spacial score (nSPS) is 20.1. The number of aromatic nitrogens is 1. The zero-order valence-corrected chi connectivity index (χ0v) is 17.4. The van der Waals surface area contributed by atoms with Gasteiger partial charge in [-0.25, -0.2) is 14.2 Å². The molecule has 0 saturated carbocycles. The van der Waals surface area contributed by atoms with E-state index in [1.54, 1.807) is 28.0 Å². The quantitative estimate of drug-likeness (QED) is 0.625. The molecule has 0 aliphatic carbocycles. The number of pyridine rings is 1. The average Bonchev–Trinajstić information content (AvgIpc) is 3.36. The Morgan fingerprint density at radius 2 is 1.84 bits per heavy atom. The van der Waals surface area contributed by atoms with Gasteiger partial charge in [-0.1, -0.05) is 36.4 Å². The molecular weight excluding hydrogens is 409 g/mol. The second-order valence-electron chi connectivity index (χ2n) is 8.27. The van der Waals surface area contributed by atoms with Gasteiger partial charge < -0.3 is 9.64 Å². The van der Waals surface area contributed by atoms with Gasteiger partial charge in [-0.05, 0) is 42.0 Å². The SMILES string of the molecule is O=C(c1cccc(Cc2cccc(F)c2)n1)N1CCC2(C1)CN(c1ccccc1)C(=O)O2. The molecule has 0 radical (unpaired) electrons. The minimum Gasteiger partial charge on any atom is -0.439 e. The Kier molecular flexibility index (Phi) is 5.09. The Morgan fingerprint density at radius 1 is 1.03 bits per heavy atom. The van der Waals surface area contributed by atoms with Gasteiger partial charge in [0, 0.05) is 30.8 Å². The van der Waals surface area contributed by atoms with Crippen molar-refractivity contribution in [3.63, 3.8) is 0 Å². The fourth-order valence-corrected chi connectivity index (χ4v) is 4.38. The van der Waals surface area contributed by atoms with Crippen molar-refractivity contribution >= 4 is 17.7 Å². The number of nitrogens with zero attached hydrogens (tertiary/aromatic N) is 3. The molecule has 3 heterocycles. The number of amides is 2. The molecule has 1 spiro atoms. The smallest absolute Gasteiger partial charge is 0.415 e. The van der Waals surface area contributed by atoms with E-state index >= 15 is 0 Å². The molecule has 3 aromatic rings. The summed E-state index contributed by atoms with van der Waals surface area (Å²) in [4.78, 5) is 33.4. The molecule has 2 aromatic carbocycles. The fraction of sp³-hybridized carbons (Fsp3) is 0.240. The number of carbonyl (C=O) groups is 2. The van der Waals surface area contributed by atoms with E-state index in [1.165, 1.54) is 12.1 Å². The maximum Gasteiger partial charge on any atom is 0.415 e. The van der Waals surface area contributed by atoms with Crippen molar-refractivity contribution in [1.29, 1.82) is 0 Å². The van der Waals surface area contributed by atoms with Crippen LogP contribution < -0.4 is 4.90 Å². The van der Waals surface area contributed by atoms with Gasteiger partial charge in [0.25, 0.3) is 5.91 Å². The summed E-state index contributed by atoms with van der Waals surface area (Å²) < 4.78 is 19.2. The molecule has 0 bridgehead atoms. The summed E-state index contributed by atoms with van der Waals surface area (Å²) in [7, 11) is 0. The predicted octanol–water partition coefficient (Wildman–Crippen LogP) is 4.05. The molecule has 1 aromatic heterocycles. The second-order valence-corrected chi connectivity index (χ2v) is 8.27. The Balaban J connectivity index is 1.29. The van der Waals surface area contributed by atoms with Crippen LogP contribution in [0.1, 0.15) is 28.2 Å². The summed E-state index contributed by atoms with van der Waals surface area (Å²) in [6.07, 6.45) is 0.629. The molecule has 5 rings (SSSR count). The number of carbonyl (C=O) groups excluding carboxylic acids is 2. The third-order valence-corrected chi connectivity index (χ3v) is 5.94. The molecule has 2 fully saturated rings. The van der Waals surface area contributed by atoms with E-state index in [1.807, 2.05) is 42.5 Å². The standard InChI is InChI=1S/C25H22FN3O3/c26-19-7-4-6-18(14-19)15-20-8-5-11-22(27-20)23(30)28-13-12-25(16-28)17-29(24(31)32-25)21-9-2-1-3-10-21/h1-11,14H,12-13,15-17H2. The van der Waals surface area contributed by atoms with E-state index in [0.29, 0.717) is 43.9 Å². The van der Waals surface area contributed by atoms with Gasteiger partial charge in [0.05, 0.1) is 13.1 Å². The summed E-state index contributed by atoms with van der Waals surface area (Å²) in [5.74, 6) is -0.495. The predicted molar refractivity (Wildman–Crippen MR) is 117 cm³/mol. The lowest BCUT2D eigenvalue weighted by molar-refractivity contribution is 0.0551. The van der Waals surface area contributed by atoms with Crippen LogP contribution >= 0.6 is 0 Å². The highest BCUT2D eigenvalue weighted by Gasteiger charge is 2.51. The van der Waals surface area contributed by atoms with Crippen molar-refractivity contribution in [3.05, 3.63) is 95.6 Å². The van der Waals surface area contributed by atoms with E-state index in [2.05, 4.69) is 4.98 Å². The van der Waals surface area contributed by atoms with Crippen molar-refractivity contribution in [2.75, 3.05) is 24.5 Å². The van der Waals surface area contributed by atoms with Crippen molar-refractivity contribution in [3.8, 4) is 0 Å². The first-order valence-electron chi connectivity index (χ1n) is 10.6. The number of para-hydroxylation sites is 1. The summed E-state index contributed by atoms with van der Waals surface area (Å²) in [6, 6.07) is 21.0. The van der Waals surface area contributed by atoms with Crippen LogP contribution in [0.25, 0.3) is 0 Å². The van der Waals surface area contributed by atoms with Gasteiger partial charge in [0.2, 0.25) is 0 Å². The molecule has 2 aliphatic rings. The molecule has 1 unspecified atom stereocenters. The van der Waals surface area contributed by atoms with Gasteiger partial charge in [-0.2, -0.15) is 0 Å². The third kappa shape index (κ3) is 3.93. The summed E-state index contributed by atoms with van der Waals surface area (Å²) in [6.45, 7) is 1.23. The monoisotopic (exact) mass is 431 g/mol. The molecule has 6 nitrogen and oxygen atoms in total. The molecule has 1 atom stereocenters. The lowest BCUT2D eigenvalue weighted by Crippen LogP contribution is -2.39. The van der Waals surface area contributed by atoms with Crippen molar-refractivity contribution in [2.24, 2.45) is 0 Å². The number of hydrogen-bond acceptors (Lipinski definition) is 4. The van der Waals surface area contributed by atoms with Gasteiger partial charge in [0.15, 0.2) is 5.60 Å². The third-order valence-electron chi connectivity index (χ3n) is 5.94. The first-order chi connectivity index (χ1) is 15.5. The zero-order valence-electron chi connectivity index (χ0n) is 17.4. The van der Waals surface area contributed by atoms with Crippen LogP contribution in [0.3, 0.4) is 0 Å². The highest BCUT2D eigenvalue weighted by molar-refractivity contribution is 5.93. The van der Waals surface area contributed by atoms with Crippen LogP contribution in [0.2, 0.25) is 0 Å². The van der Waals surface area contributed by atoms with Crippen LogP contribution in [0.15, 0.2) is 72.8 Å². The average molecular weight is 431 g/mol. The topological polar surface area (TPSA) is 62.7 Å². The molecule has 2 amide bonds. The Morgan fingerprint density at radius 3 is 2.66 bits per heavy atom. The minimum absolute atomic E-state index is 0.197. The molecule has 2 aliphatic heterocycles. The van der Waals surface area contributed by atoms with E-state index in [4.69, 9.17) is 4.74 Å². The van der Waals surface area contributed by atoms with Crippen LogP contribution in [0, 0.1) is 5.82 Å². The van der Waals surface area contributed by atoms with E-state index in [-0.39, 0.29) is 17.8 Å². The van der Waals surface area contributed by atoms with E-state index in [9.17, 15) is 14.0 Å². The number of halogens is 1. The highest BCUT2D eigenvalue weighted by atomic mass is 19.1. The first-order valence-corrected chi connectivity index (χ1v) is 10.6. The first kappa shape index (κ1) is 20.2. The molecule has 2 saturated heterocycles. The molecule has 32 heavy (non-hydrogen) atoms. The van der Waals surface area contributed by atoms with Gasteiger partial charge in [0.1, 0.15) is 11.5 Å². The molecule has 162 valence electrons. The zero-order chi connectivity index (χ0) is 22.1. The van der Waals surface area contributed by atoms with Gasteiger partial charge in [-0.3, -0.25) is 9.69 Å². The largest absolute Gasteiger partial charge is 0.439 e. The lowest BCUT2D eigenvalue weighted by Gasteiger charge is -2.22. The van der Waals surface area contributed by atoms with Crippen molar-refractivity contribution in [2.45, 2.75) is 18.4 Å². The number of benzene rings is 2. The number of likely N-dealkylation sites (tertiary alicyclic amines) is 1. The van der Waals surface area contributed by atoms with Crippen LogP contribution in [-0.2, 0) is 11.2 Å². The Bertz CT molecular complexity index is 1170. The number of anilines is 1. The van der Waals surface area contributed by atoms with E-state index < -0.39 is 5.60 Å². The summed E-state index contributed by atoms with van der Waals surface area (Å²) in [5.41, 5.74) is 1.90. The van der Waals surface area contributed by atoms with E-state index in [0.717, 1.165) is 11.3 Å². The minimum atomic E-state index is -0.707. The number of rotatable bonds is 4. The molecular formula is C25H22FN3O3. The van der Waals surface area contributed by atoms with Gasteiger partial charge in [-0.15, -0.1) is 0 Å². The van der Waals surface area contributed by atoms with Crippen molar-refractivity contribution in [1.82, 2.24) is 9.88 Å². The second kappa shape index (κ2) is 8.07. The van der Waals surface area contributed by atoms with Crippen molar-refractivity contribution < 1.29 is 18.7 Å². The fourth-order valence-electron chi connectivity index (χ4n) is 4.38. The van der Waals surface area contributed by atoms with Crippen LogP contribution in [0.5, 0.6) is 0 Å². The maximum absolute atomic E-state index is 13.5. The molecule has 0 N–H and O–H groups in total. The van der Waals surface area contributed by atoms with Crippen LogP contribution in [0.4, 0.5) is 14.9 Å². The maximum atomic E-state index is 13.5. The Hall–Kier alpha value is -3.74. The highest BCUT2D eigenvalue weighted by Crippen LogP contribution is 2.35. The number of ether oxygens (including phenoxy) is 1. The summed E-state index contributed by atoms with van der Waals surface area (Å²) in [5, 5.41) is 0. The van der Waals surface area contributed by atoms with Crippen LogP contribution in [-0.4, -0.2) is 47.1 Å².